The molecule has 1 atom stereocenters. The van der Waals surface area contributed by atoms with Gasteiger partial charge in [0.25, 0.3) is 0 Å². The summed E-state index contributed by atoms with van der Waals surface area (Å²) in [5.74, 6) is 1.56. The standard InChI is InChI=1S/C22H35N5OS.HI/c1-18(29-20-9-4-3-5-10-20)17-25-22(23-2)24-11-12-26-13-15-27(16-14-26)21(28)19-7-6-8-19;/h3-5,9-10,18-19H,6-8,11-17H2,1-2H3,(H2,23,24,25);1H. The van der Waals surface area contributed by atoms with Gasteiger partial charge in [0.05, 0.1) is 0 Å². The largest absolute Gasteiger partial charge is 0.355 e. The molecule has 2 fully saturated rings. The first-order chi connectivity index (χ1) is 14.2. The Hall–Kier alpha value is -1.000. The maximum atomic E-state index is 12.3. The Balaban J connectivity index is 0.00000320. The number of thioether (sulfide) groups is 1. The number of nitrogens with zero attached hydrogens (tertiary/aromatic N) is 3. The van der Waals surface area contributed by atoms with E-state index in [1.54, 1.807) is 0 Å². The molecule has 6 nitrogen and oxygen atoms in total. The fourth-order valence-electron chi connectivity index (χ4n) is 3.67. The molecule has 1 aromatic carbocycles. The highest BCUT2D eigenvalue weighted by Crippen LogP contribution is 2.28. The third-order valence-electron chi connectivity index (χ3n) is 5.72. The fourth-order valence-corrected chi connectivity index (χ4v) is 4.62. The van der Waals surface area contributed by atoms with Crippen LogP contribution in [0.4, 0.5) is 0 Å². The van der Waals surface area contributed by atoms with Crippen molar-refractivity contribution in [2.24, 2.45) is 10.9 Å². The lowest BCUT2D eigenvalue weighted by Crippen LogP contribution is -2.52. The smallest absolute Gasteiger partial charge is 0.225 e. The molecule has 168 valence electrons. The number of aliphatic imine (C=N–C) groups is 1. The van der Waals surface area contributed by atoms with Crippen LogP contribution in [0.2, 0.25) is 0 Å². The molecule has 1 saturated carbocycles. The van der Waals surface area contributed by atoms with E-state index in [0.29, 0.717) is 17.1 Å². The molecule has 1 saturated heterocycles. The number of amides is 1. The molecule has 0 aromatic heterocycles. The zero-order valence-electron chi connectivity index (χ0n) is 18.2. The van der Waals surface area contributed by atoms with Crippen LogP contribution in [0.15, 0.2) is 40.2 Å². The molecule has 2 aliphatic rings. The van der Waals surface area contributed by atoms with Crippen LogP contribution >= 0.6 is 35.7 Å². The molecule has 1 heterocycles. The molecule has 1 unspecified atom stereocenters. The van der Waals surface area contributed by atoms with Gasteiger partial charge in [-0.3, -0.25) is 14.7 Å². The van der Waals surface area contributed by atoms with Crippen molar-refractivity contribution in [2.75, 3.05) is 52.9 Å². The van der Waals surface area contributed by atoms with Crippen LogP contribution in [0.3, 0.4) is 0 Å². The number of benzene rings is 1. The number of hydrogen-bond donors (Lipinski definition) is 2. The van der Waals surface area contributed by atoms with Gasteiger partial charge in [0.2, 0.25) is 5.91 Å². The summed E-state index contributed by atoms with van der Waals surface area (Å²) in [6.45, 7) is 8.60. The number of nitrogens with one attached hydrogen (secondary N) is 2. The molecule has 3 rings (SSSR count). The van der Waals surface area contributed by atoms with E-state index in [-0.39, 0.29) is 24.0 Å². The second kappa shape index (κ2) is 13.4. The van der Waals surface area contributed by atoms with Crippen LogP contribution in [0, 0.1) is 5.92 Å². The Morgan fingerprint density at radius 3 is 2.47 bits per heavy atom. The van der Waals surface area contributed by atoms with E-state index in [1.807, 2.05) is 24.9 Å². The minimum atomic E-state index is 0. The molecule has 8 heteroatoms. The maximum Gasteiger partial charge on any atom is 0.225 e. The number of piperazine rings is 1. The van der Waals surface area contributed by atoms with Crippen LogP contribution in [-0.4, -0.2) is 79.8 Å². The number of halogens is 1. The van der Waals surface area contributed by atoms with Crippen LogP contribution < -0.4 is 10.6 Å². The fraction of sp³-hybridized carbons (Fsp3) is 0.636. The van der Waals surface area contributed by atoms with E-state index in [9.17, 15) is 4.79 Å². The maximum absolute atomic E-state index is 12.3. The van der Waals surface area contributed by atoms with Crippen molar-refractivity contribution in [3.63, 3.8) is 0 Å². The third-order valence-corrected chi connectivity index (χ3v) is 6.83. The second-order valence-corrected chi connectivity index (χ2v) is 9.43. The van der Waals surface area contributed by atoms with Gasteiger partial charge in [-0.1, -0.05) is 31.5 Å². The molecule has 0 spiro atoms. The van der Waals surface area contributed by atoms with Crippen molar-refractivity contribution in [2.45, 2.75) is 36.3 Å². The number of hydrogen-bond acceptors (Lipinski definition) is 4. The van der Waals surface area contributed by atoms with Gasteiger partial charge in [-0.25, -0.2) is 0 Å². The van der Waals surface area contributed by atoms with Gasteiger partial charge in [0, 0.05) is 68.9 Å². The summed E-state index contributed by atoms with van der Waals surface area (Å²) in [7, 11) is 1.81. The molecule has 0 radical (unpaired) electrons. The van der Waals surface area contributed by atoms with Crippen molar-refractivity contribution < 1.29 is 4.79 Å². The normalized spacial score (nSPS) is 18.9. The summed E-state index contributed by atoms with van der Waals surface area (Å²) in [5.41, 5.74) is 0. The number of rotatable bonds is 8. The van der Waals surface area contributed by atoms with Crippen molar-refractivity contribution >= 4 is 47.6 Å². The highest BCUT2D eigenvalue weighted by atomic mass is 127. The second-order valence-electron chi connectivity index (χ2n) is 7.92. The first-order valence-corrected chi connectivity index (χ1v) is 11.7. The van der Waals surface area contributed by atoms with Gasteiger partial charge in [-0.2, -0.15) is 0 Å². The SMILES string of the molecule is CN=C(NCCN1CCN(C(=O)C2CCC2)CC1)NCC(C)Sc1ccccc1.I. The molecular formula is C22H36IN5OS. The van der Waals surface area contributed by atoms with Crippen molar-refractivity contribution in [1.29, 1.82) is 0 Å². The average molecular weight is 546 g/mol. The van der Waals surface area contributed by atoms with Crippen LogP contribution in [0.5, 0.6) is 0 Å². The average Bonchev–Trinajstić information content (AvgIpc) is 2.70. The molecule has 1 aromatic rings. The van der Waals surface area contributed by atoms with Gasteiger partial charge in [-0.15, -0.1) is 35.7 Å². The Kier molecular flexibility index (Phi) is 11.3. The highest BCUT2D eigenvalue weighted by molar-refractivity contribution is 14.0. The van der Waals surface area contributed by atoms with Crippen molar-refractivity contribution in [1.82, 2.24) is 20.4 Å². The van der Waals surface area contributed by atoms with Gasteiger partial charge in [-0.05, 0) is 25.0 Å². The van der Waals surface area contributed by atoms with Gasteiger partial charge >= 0.3 is 0 Å². The summed E-state index contributed by atoms with van der Waals surface area (Å²) < 4.78 is 0. The Morgan fingerprint density at radius 1 is 1.17 bits per heavy atom. The molecular weight excluding hydrogens is 509 g/mol. The zero-order chi connectivity index (χ0) is 20.5. The van der Waals surface area contributed by atoms with E-state index >= 15 is 0 Å². The van der Waals surface area contributed by atoms with Crippen LogP contribution in [0.25, 0.3) is 0 Å². The van der Waals surface area contributed by atoms with Gasteiger partial charge < -0.3 is 15.5 Å². The van der Waals surface area contributed by atoms with Crippen molar-refractivity contribution in [3.8, 4) is 0 Å². The van der Waals surface area contributed by atoms with Crippen molar-refractivity contribution in [3.05, 3.63) is 30.3 Å². The van der Waals surface area contributed by atoms with E-state index < -0.39 is 0 Å². The molecule has 1 aliphatic heterocycles. The quantitative estimate of drug-likeness (QED) is 0.228. The number of guanidine groups is 1. The first kappa shape index (κ1) is 25.3. The lowest BCUT2D eigenvalue weighted by Gasteiger charge is -2.38. The van der Waals surface area contributed by atoms with Gasteiger partial charge in [0.15, 0.2) is 5.96 Å². The minimum absolute atomic E-state index is 0. The monoisotopic (exact) mass is 545 g/mol. The van der Waals surface area contributed by atoms with E-state index in [2.05, 4.69) is 56.6 Å². The van der Waals surface area contributed by atoms with E-state index in [0.717, 1.165) is 64.6 Å². The summed E-state index contributed by atoms with van der Waals surface area (Å²) in [5, 5.41) is 7.29. The molecule has 0 bridgehead atoms. The number of carbonyl (C=O) groups excluding carboxylic acids is 1. The van der Waals surface area contributed by atoms with Crippen LogP contribution in [-0.2, 0) is 4.79 Å². The third kappa shape index (κ3) is 7.92. The lowest BCUT2D eigenvalue weighted by atomic mass is 9.84. The van der Waals surface area contributed by atoms with E-state index in [1.165, 1.54) is 11.3 Å². The van der Waals surface area contributed by atoms with E-state index in [4.69, 9.17) is 0 Å². The Labute approximate surface area is 202 Å². The predicted molar refractivity (Wildman–Crippen MR) is 137 cm³/mol. The molecule has 1 amide bonds. The van der Waals surface area contributed by atoms with Gasteiger partial charge in [0.1, 0.15) is 0 Å². The van der Waals surface area contributed by atoms with Crippen LogP contribution in [0.1, 0.15) is 26.2 Å². The predicted octanol–water partition coefficient (Wildman–Crippen LogP) is 2.89. The zero-order valence-corrected chi connectivity index (χ0v) is 21.3. The number of carbonyl (C=O) groups is 1. The summed E-state index contributed by atoms with van der Waals surface area (Å²) in [6, 6.07) is 10.5. The minimum Gasteiger partial charge on any atom is -0.355 e. The Morgan fingerprint density at radius 2 is 1.87 bits per heavy atom. The summed E-state index contributed by atoms with van der Waals surface area (Å²) in [6.07, 6.45) is 3.41. The molecule has 1 aliphatic carbocycles. The molecule has 2 N–H and O–H groups in total. The topological polar surface area (TPSA) is 60.0 Å². The molecule has 30 heavy (non-hydrogen) atoms. The highest BCUT2D eigenvalue weighted by Gasteiger charge is 2.30. The summed E-state index contributed by atoms with van der Waals surface area (Å²) >= 11 is 1.87. The lowest BCUT2D eigenvalue weighted by molar-refractivity contribution is -0.139. The Bertz CT molecular complexity index is 663. The summed E-state index contributed by atoms with van der Waals surface area (Å²) in [4.78, 5) is 22.5. The first-order valence-electron chi connectivity index (χ1n) is 10.8.